The number of ether oxygens (including phenoxy) is 1. The van der Waals surface area contributed by atoms with Gasteiger partial charge >= 0.3 is 0 Å². The fraction of sp³-hybridized carbons (Fsp3) is 0.933. The van der Waals surface area contributed by atoms with E-state index in [9.17, 15) is 0 Å². The van der Waals surface area contributed by atoms with Gasteiger partial charge in [0.25, 0.3) is 0 Å². The summed E-state index contributed by atoms with van der Waals surface area (Å²) in [5.41, 5.74) is 0. The highest BCUT2D eigenvalue weighted by Crippen LogP contribution is 1.93. The molecule has 0 radical (unpaired) electrons. The van der Waals surface area contributed by atoms with E-state index in [1.54, 1.807) is 0 Å². The molecule has 20 heavy (non-hydrogen) atoms. The summed E-state index contributed by atoms with van der Waals surface area (Å²) in [7, 11) is 1.81. The molecule has 0 saturated carbocycles. The van der Waals surface area contributed by atoms with Gasteiger partial charge in [-0.05, 0) is 45.8 Å². The average molecular weight is 286 g/mol. The molecule has 0 aliphatic heterocycles. The molecule has 0 atom stereocenters. The van der Waals surface area contributed by atoms with Crippen molar-refractivity contribution in [2.45, 2.75) is 40.0 Å². The van der Waals surface area contributed by atoms with E-state index < -0.39 is 0 Å². The van der Waals surface area contributed by atoms with Gasteiger partial charge in [-0.3, -0.25) is 4.99 Å². The maximum absolute atomic E-state index is 5.30. The highest BCUT2D eigenvalue weighted by atomic mass is 16.5. The van der Waals surface area contributed by atoms with Crippen LogP contribution in [0.4, 0.5) is 0 Å². The van der Waals surface area contributed by atoms with Crippen molar-refractivity contribution in [1.29, 1.82) is 0 Å². The standard InChI is InChI=1S/C15H34N4O/c1-5-19(6-2)13-9-8-11-17-15(16-4)18-12-10-14-20-7-3/h5-14H2,1-4H3,(H2,16,17,18). The van der Waals surface area contributed by atoms with E-state index in [-0.39, 0.29) is 0 Å². The van der Waals surface area contributed by atoms with E-state index in [1.807, 2.05) is 14.0 Å². The molecule has 0 bridgehead atoms. The molecule has 0 aliphatic carbocycles. The summed E-state index contributed by atoms with van der Waals surface area (Å²) in [6.45, 7) is 13.4. The van der Waals surface area contributed by atoms with E-state index in [0.717, 1.165) is 51.8 Å². The molecule has 0 rings (SSSR count). The molecule has 5 heteroatoms. The Hall–Kier alpha value is -0.810. The van der Waals surface area contributed by atoms with Crippen LogP contribution in [0.1, 0.15) is 40.0 Å². The lowest BCUT2D eigenvalue weighted by Gasteiger charge is -2.18. The molecule has 0 amide bonds. The van der Waals surface area contributed by atoms with Crippen molar-refractivity contribution < 1.29 is 4.74 Å². The summed E-state index contributed by atoms with van der Waals surface area (Å²) in [6.07, 6.45) is 3.42. The minimum Gasteiger partial charge on any atom is -0.382 e. The molecule has 0 aromatic carbocycles. The highest BCUT2D eigenvalue weighted by Gasteiger charge is 1.99. The lowest BCUT2D eigenvalue weighted by Crippen LogP contribution is -2.38. The summed E-state index contributed by atoms with van der Waals surface area (Å²) in [5.74, 6) is 0.893. The molecule has 0 saturated heterocycles. The Kier molecular flexibility index (Phi) is 14.0. The summed E-state index contributed by atoms with van der Waals surface area (Å²) in [6, 6.07) is 0. The SMILES string of the molecule is CCOCCCNC(=NC)NCCCCN(CC)CC. The first-order valence-corrected chi connectivity index (χ1v) is 8.03. The van der Waals surface area contributed by atoms with Gasteiger partial charge in [0.1, 0.15) is 0 Å². The Balaban J connectivity index is 3.50. The van der Waals surface area contributed by atoms with E-state index in [1.165, 1.54) is 19.4 Å². The number of nitrogens with one attached hydrogen (secondary N) is 2. The minimum absolute atomic E-state index is 0.791. The zero-order valence-electron chi connectivity index (χ0n) is 13.9. The van der Waals surface area contributed by atoms with Gasteiger partial charge in [-0.15, -0.1) is 0 Å². The average Bonchev–Trinajstić information content (AvgIpc) is 2.48. The van der Waals surface area contributed by atoms with Crippen LogP contribution in [0.5, 0.6) is 0 Å². The summed E-state index contributed by atoms with van der Waals surface area (Å²) in [4.78, 5) is 6.67. The molecule has 0 heterocycles. The molecular weight excluding hydrogens is 252 g/mol. The van der Waals surface area contributed by atoms with Gasteiger partial charge in [-0.25, -0.2) is 0 Å². The van der Waals surface area contributed by atoms with Gasteiger partial charge in [0.2, 0.25) is 0 Å². The van der Waals surface area contributed by atoms with E-state index >= 15 is 0 Å². The number of hydrogen-bond donors (Lipinski definition) is 2. The lowest BCUT2D eigenvalue weighted by atomic mass is 10.3. The first kappa shape index (κ1) is 19.2. The van der Waals surface area contributed by atoms with Crippen molar-refractivity contribution in [3.8, 4) is 0 Å². The molecule has 0 unspecified atom stereocenters. The zero-order valence-corrected chi connectivity index (χ0v) is 13.9. The van der Waals surface area contributed by atoms with Gasteiger partial charge in [0, 0.05) is 33.4 Å². The van der Waals surface area contributed by atoms with E-state index in [2.05, 4.69) is 34.4 Å². The van der Waals surface area contributed by atoms with Gasteiger partial charge in [-0.2, -0.15) is 0 Å². The van der Waals surface area contributed by atoms with Crippen LogP contribution in [-0.4, -0.2) is 63.8 Å². The van der Waals surface area contributed by atoms with Gasteiger partial charge in [0.05, 0.1) is 0 Å². The van der Waals surface area contributed by atoms with Crippen LogP contribution in [0.3, 0.4) is 0 Å². The van der Waals surface area contributed by atoms with Crippen LogP contribution in [0.2, 0.25) is 0 Å². The van der Waals surface area contributed by atoms with Crippen molar-refractivity contribution in [3.63, 3.8) is 0 Å². The first-order chi connectivity index (χ1) is 9.78. The predicted molar refractivity (Wildman–Crippen MR) is 87.5 cm³/mol. The smallest absolute Gasteiger partial charge is 0.190 e. The molecule has 120 valence electrons. The number of rotatable bonds is 12. The number of hydrogen-bond acceptors (Lipinski definition) is 3. The van der Waals surface area contributed by atoms with Crippen molar-refractivity contribution in [1.82, 2.24) is 15.5 Å². The van der Waals surface area contributed by atoms with Crippen LogP contribution in [0.15, 0.2) is 4.99 Å². The van der Waals surface area contributed by atoms with Gasteiger partial charge in [0.15, 0.2) is 5.96 Å². The Morgan fingerprint density at radius 1 is 1.00 bits per heavy atom. The van der Waals surface area contributed by atoms with Gasteiger partial charge < -0.3 is 20.3 Å². The Labute approximate surface area is 125 Å². The molecule has 0 aromatic heterocycles. The molecule has 0 spiro atoms. The van der Waals surface area contributed by atoms with Crippen LogP contribution in [-0.2, 0) is 4.74 Å². The van der Waals surface area contributed by atoms with Crippen LogP contribution in [0.25, 0.3) is 0 Å². The third kappa shape index (κ3) is 11.1. The molecule has 0 aliphatic rings. The van der Waals surface area contributed by atoms with Gasteiger partial charge in [-0.1, -0.05) is 13.8 Å². The monoisotopic (exact) mass is 286 g/mol. The molecule has 5 nitrogen and oxygen atoms in total. The van der Waals surface area contributed by atoms with Crippen LogP contribution >= 0.6 is 0 Å². The number of nitrogens with zero attached hydrogens (tertiary/aromatic N) is 2. The molecule has 2 N–H and O–H groups in total. The zero-order chi connectivity index (χ0) is 15.1. The van der Waals surface area contributed by atoms with Crippen molar-refractivity contribution >= 4 is 5.96 Å². The fourth-order valence-corrected chi connectivity index (χ4v) is 1.95. The summed E-state index contributed by atoms with van der Waals surface area (Å²) < 4.78 is 5.30. The molecule has 0 fully saturated rings. The maximum Gasteiger partial charge on any atom is 0.190 e. The second kappa shape index (κ2) is 14.6. The third-order valence-electron chi connectivity index (χ3n) is 3.27. The van der Waals surface area contributed by atoms with Crippen LogP contribution < -0.4 is 10.6 Å². The van der Waals surface area contributed by atoms with E-state index in [0.29, 0.717) is 0 Å². The Morgan fingerprint density at radius 2 is 1.65 bits per heavy atom. The highest BCUT2D eigenvalue weighted by molar-refractivity contribution is 5.79. The first-order valence-electron chi connectivity index (χ1n) is 8.03. The largest absolute Gasteiger partial charge is 0.382 e. The lowest BCUT2D eigenvalue weighted by molar-refractivity contribution is 0.145. The fourth-order valence-electron chi connectivity index (χ4n) is 1.95. The number of guanidine groups is 1. The Bertz CT molecular complexity index is 230. The normalized spacial score (nSPS) is 11.9. The Morgan fingerprint density at radius 3 is 2.20 bits per heavy atom. The molecule has 0 aromatic rings. The summed E-state index contributed by atoms with van der Waals surface area (Å²) >= 11 is 0. The topological polar surface area (TPSA) is 48.9 Å². The summed E-state index contributed by atoms with van der Waals surface area (Å²) in [5, 5.41) is 6.65. The molecular formula is C15H34N4O. The quantitative estimate of drug-likeness (QED) is 0.326. The van der Waals surface area contributed by atoms with Crippen molar-refractivity contribution in [3.05, 3.63) is 0 Å². The second-order valence-corrected chi connectivity index (χ2v) is 4.71. The van der Waals surface area contributed by atoms with Crippen LogP contribution in [0, 0.1) is 0 Å². The minimum atomic E-state index is 0.791. The van der Waals surface area contributed by atoms with Crippen molar-refractivity contribution in [2.24, 2.45) is 4.99 Å². The second-order valence-electron chi connectivity index (χ2n) is 4.71. The third-order valence-corrected chi connectivity index (χ3v) is 3.27. The predicted octanol–water partition coefficient (Wildman–Crippen LogP) is 1.70. The number of unbranched alkanes of at least 4 members (excludes halogenated alkanes) is 1. The number of aliphatic imine (C=N–C) groups is 1. The van der Waals surface area contributed by atoms with E-state index in [4.69, 9.17) is 4.74 Å². The maximum atomic E-state index is 5.30. The van der Waals surface area contributed by atoms with Crippen molar-refractivity contribution in [2.75, 3.05) is 53.0 Å².